The number of hydrogen-bond donors (Lipinski definition) is 2. The first-order chi connectivity index (χ1) is 8.63. The molecule has 2 heteroatoms. The summed E-state index contributed by atoms with van der Waals surface area (Å²) in [5, 5.41) is 0. The van der Waals surface area contributed by atoms with Gasteiger partial charge in [0.05, 0.1) is 0 Å². The molecule has 0 amide bonds. The fraction of sp³-hybridized carbons (Fsp3) is 0.375. The molecule has 1 aromatic heterocycles. The van der Waals surface area contributed by atoms with Crippen LogP contribution >= 0.6 is 0 Å². The summed E-state index contributed by atoms with van der Waals surface area (Å²) in [4.78, 5) is 3.12. The van der Waals surface area contributed by atoms with Crippen LogP contribution < -0.4 is 5.73 Å². The number of H-pyrrole nitrogens is 1. The molecule has 0 aliphatic heterocycles. The van der Waals surface area contributed by atoms with Crippen molar-refractivity contribution in [3.63, 3.8) is 0 Å². The molecule has 1 atom stereocenters. The zero-order valence-electron chi connectivity index (χ0n) is 11.4. The third kappa shape index (κ3) is 2.49. The Morgan fingerprint density at radius 3 is 2.50 bits per heavy atom. The highest BCUT2D eigenvalue weighted by molar-refractivity contribution is 5.40. The molecule has 0 saturated carbocycles. The molecule has 0 radical (unpaired) electrons. The van der Waals surface area contributed by atoms with Crippen molar-refractivity contribution in [2.24, 2.45) is 5.73 Å². The fourth-order valence-corrected chi connectivity index (χ4v) is 2.39. The quantitative estimate of drug-likeness (QED) is 0.846. The largest absolute Gasteiger partial charge is 0.367 e. The third-order valence-electron chi connectivity index (χ3n) is 3.61. The Bertz CT molecular complexity index is 498. The lowest BCUT2D eigenvalue weighted by Crippen LogP contribution is -2.14. The molecule has 0 aliphatic rings. The lowest BCUT2D eigenvalue weighted by atomic mass is 9.87. The van der Waals surface area contributed by atoms with Crippen LogP contribution in [-0.2, 0) is 0 Å². The van der Waals surface area contributed by atoms with E-state index in [-0.39, 0.29) is 5.92 Å². The molecule has 0 fully saturated rings. The van der Waals surface area contributed by atoms with Gasteiger partial charge in [0, 0.05) is 24.9 Å². The highest BCUT2D eigenvalue weighted by Crippen LogP contribution is 2.29. The van der Waals surface area contributed by atoms with Gasteiger partial charge in [-0.1, -0.05) is 32.0 Å². The Hall–Kier alpha value is -1.54. The molecular formula is C16H22N2. The monoisotopic (exact) mass is 242 g/mol. The van der Waals surface area contributed by atoms with E-state index in [4.69, 9.17) is 5.73 Å². The molecule has 0 aliphatic carbocycles. The van der Waals surface area contributed by atoms with E-state index < -0.39 is 0 Å². The number of aromatic amines is 1. The summed E-state index contributed by atoms with van der Waals surface area (Å²) < 4.78 is 0. The van der Waals surface area contributed by atoms with Crippen LogP contribution in [0.1, 0.15) is 47.9 Å². The van der Waals surface area contributed by atoms with Crippen LogP contribution in [-0.4, -0.2) is 11.5 Å². The van der Waals surface area contributed by atoms with Crippen molar-refractivity contribution in [3.05, 3.63) is 58.9 Å². The Morgan fingerprint density at radius 1 is 1.17 bits per heavy atom. The van der Waals surface area contributed by atoms with Crippen molar-refractivity contribution >= 4 is 0 Å². The van der Waals surface area contributed by atoms with Gasteiger partial charge in [0.1, 0.15) is 0 Å². The topological polar surface area (TPSA) is 41.8 Å². The predicted octanol–water partition coefficient (Wildman–Crippen LogP) is 3.54. The summed E-state index contributed by atoms with van der Waals surface area (Å²) in [5.41, 5.74) is 11.3. The minimum Gasteiger partial charge on any atom is -0.367 e. The van der Waals surface area contributed by atoms with Gasteiger partial charge < -0.3 is 10.7 Å². The van der Waals surface area contributed by atoms with Crippen molar-refractivity contribution in [1.82, 2.24) is 4.98 Å². The van der Waals surface area contributed by atoms with E-state index in [1.165, 1.54) is 22.3 Å². The van der Waals surface area contributed by atoms with Crippen LogP contribution in [0.15, 0.2) is 36.7 Å². The maximum Gasteiger partial charge on any atom is 0.0230 e. The zero-order valence-corrected chi connectivity index (χ0v) is 11.4. The van der Waals surface area contributed by atoms with Gasteiger partial charge in [0.15, 0.2) is 0 Å². The molecule has 96 valence electrons. The summed E-state index contributed by atoms with van der Waals surface area (Å²) in [6.45, 7) is 7.25. The highest BCUT2D eigenvalue weighted by atomic mass is 14.6. The van der Waals surface area contributed by atoms with Crippen molar-refractivity contribution in [3.8, 4) is 0 Å². The standard InChI is InChI=1S/C16H22N2/c1-11(2)13-5-4-12(3)15(8-13)16(9-17)14-6-7-18-10-14/h4-8,10-11,16,18H,9,17H2,1-3H3. The first-order valence-electron chi connectivity index (χ1n) is 6.56. The van der Waals surface area contributed by atoms with Gasteiger partial charge in [-0.05, 0) is 41.2 Å². The molecule has 1 unspecified atom stereocenters. The van der Waals surface area contributed by atoms with Crippen molar-refractivity contribution in [2.45, 2.75) is 32.6 Å². The maximum absolute atomic E-state index is 5.98. The van der Waals surface area contributed by atoms with Gasteiger partial charge >= 0.3 is 0 Å². The Kier molecular flexibility index (Phi) is 3.87. The minimum absolute atomic E-state index is 0.287. The Labute approximate surface area is 109 Å². The molecule has 2 nitrogen and oxygen atoms in total. The smallest absolute Gasteiger partial charge is 0.0230 e. The normalized spacial score (nSPS) is 12.9. The van der Waals surface area contributed by atoms with E-state index in [1.807, 2.05) is 12.4 Å². The van der Waals surface area contributed by atoms with E-state index in [0.717, 1.165) is 0 Å². The Morgan fingerprint density at radius 2 is 1.94 bits per heavy atom. The summed E-state index contributed by atoms with van der Waals surface area (Å²) in [6.07, 6.45) is 4.00. The van der Waals surface area contributed by atoms with Crippen LogP contribution in [0, 0.1) is 6.92 Å². The summed E-state index contributed by atoms with van der Waals surface area (Å²) >= 11 is 0. The number of nitrogens with two attached hydrogens (primary N) is 1. The molecule has 0 bridgehead atoms. The van der Waals surface area contributed by atoms with Crippen LogP contribution in [0.2, 0.25) is 0 Å². The van der Waals surface area contributed by atoms with Crippen LogP contribution in [0.3, 0.4) is 0 Å². The fourth-order valence-electron chi connectivity index (χ4n) is 2.39. The second-order valence-electron chi connectivity index (χ2n) is 5.20. The summed E-state index contributed by atoms with van der Waals surface area (Å²) in [5.74, 6) is 0.837. The highest BCUT2D eigenvalue weighted by Gasteiger charge is 2.16. The molecular weight excluding hydrogens is 220 g/mol. The first kappa shape index (κ1) is 12.9. The van der Waals surface area contributed by atoms with Gasteiger partial charge in [-0.15, -0.1) is 0 Å². The van der Waals surface area contributed by atoms with E-state index in [0.29, 0.717) is 12.5 Å². The van der Waals surface area contributed by atoms with E-state index in [9.17, 15) is 0 Å². The second-order valence-corrected chi connectivity index (χ2v) is 5.20. The number of aryl methyl sites for hydroxylation is 1. The van der Waals surface area contributed by atoms with E-state index >= 15 is 0 Å². The molecule has 0 spiro atoms. The SMILES string of the molecule is Cc1ccc(C(C)C)cc1C(CN)c1cc[nH]c1. The van der Waals surface area contributed by atoms with Crippen molar-refractivity contribution in [2.75, 3.05) is 6.54 Å². The molecule has 0 saturated heterocycles. The number of rotatable bonds is 4. The van der Waals surface area contributed by atoms with Crippen molar-refractivity contribution in [1.29, 1.82) is 0 Å². The lowest BCUT2D eigenvalue weighted by Gasteiger charge is -2.19. The van der Waals surface area contributed by atoms with Gasteiger partial charge in [-0.3, -0.25) is 0 Å². The van der Waals surface area contributed by atoms with Gasteiger partial charge in [0.25, 0.3) is 0 Å². The lowest BCUT2D eigenvalue weighted by molar-refractivity contribution is 0.800. The maximum atomic E-state index is 5.98. The van der Waals surface area contributed by atoms with Crippen LogP contribution in [0.5, 0.6) is 0 Å². The zero-order chi connectivity index (χ0) is 13.1. The molecule has 2 rings (SSSR count). The van der Waals surface area contributed by atoms with Crippen molar-refractivity contribution < 1.29 is 0 Å². The second kappa shape index (κ2) is 5.40. The average Bonchev–Trinajstić information content (AvgIpc) is 2.86. The molecule has 18 heavy (non-hydrogen) atoms. The third-order valence-corrected chi connectivity index (χ3v) is 3.61. The van der Waals surface area contributed by atoms with Crippen LogP contribution in [0.4, 0.5) is 0 Å². The number of benzene rings is 1. The number of aromatic nitrogens is 1. The minimum atomic E-state index is 0.287. The number of hydrogen-bond acceptors (Lipinski definition) is 1. The van der Waals surface area contributed by atoms with Crippen LogP contribution in [0.25, 0.3) is 0 Å². The first-order valence-corrected chi connectivity index (χ1v) is 6.56. The number of nitrogens with one attached hydrogen (secondary N) is 1. The van der Waals surface area contributed by atoms with E-state index in [1.54, 1.807) is 0 Å². The van der Waals surface area contributed by atoms with Gasteiger partial charge in [-0.2, -0.15) is 0 Å². The van der Waals surface area contributed by atoms with Gasteiger partial charge in [-0.25, -0.2) is 0 Å². The molecule has 1 aromatic carbocycles. The predicted molar refractivity (Wildman–Crippen MR) is 77.0 cm³/mol. The average molecular weight is 242 g/mol. The summed E-state index contributed by atoms with van der Waals surface area (Å²) in [7, 11) is 0. The van der Waals surface area contributed by atoms with E-state index in [2.05, 4.69) is 50.0 Å². The summed E-state index contributed by atoms with van der Waals surface area (Å²) in [6, 6.07) is 8.84. The van der Waals surface area contributed by atoms with Gasteiger partial charge in [0.2, 0.25) is 0 Å². The molecule has 2 aromatic rings. The Balaban J connectivity index is 2.44. The molecule has 3 N–H and O–H groups in total. The molecule has 1 heterocycles.